The lowest BCUT2D eigenvalue weighted by atomic mass is 9.83. The number of amides is 1. The van der Waals surface area contributed by atoms with Crippen LogP contribution in [0.2, 0.25) is 0 Å². The van der Waals surface area contributed by atoms with E-state index >= 15 is 0 Å². The van der Waals surface area contributed by atoms with Crippen molar-refractivity contribution in [2.75, 3.05) is 29.9 Å². The minimum absolute atomic E-state index is 0.00707. The zero-order valence-corrected chi connectivity index (χ0v) is 14.8. The Morgan fingerprint density at radius 2 is 2.04 bits per heavy atom. The van der Waals surface area contributed by atoms with Crippen LogP contribution in [0.25, 0.3) is 0 Å². The quantitative estimate of drug-likeness (QED) is 0.910. The minimum Gasteiger partial charge on any atom is -0.377 e. The Morgan fingerprint density at radius 1 is 1.23 bits per heavy atom. The van der Waals surface area contributed by atoms with Crippen molar-refractivity contribution in [2.45, 2.75) is 25.9 Å². The number of piperidine rings is 1. The molecule has 2 aliphatic heterocycles. The van der Waals surface area contributed by atoms with Gasteiger partial charge in [0.05, 0.1) is 30.0 Å². The van der Waals surface area contributed by atoms with Crippen molar-refractivity contribution in [3.8, 4) is 0 Å². The average Bonchev–Trinajstić information content (AvgIpc) is 2.69. The molecule has 0 saturated carbocycles. The van der Waals surface area contributed by atoms with Crippen LogP contribution in [0, 0.1) is 18.8 Å². The lowest BCUT2D eigenvalue weighted by Crippen LogP contribution is -2.50. The number of ether oxygens (including phenoxy) is 1. The highest BCUT2D eigenvalue weighted by molar-refractivity contribution is 5.93. The van der Waals surface area contributed by atoms with Crippen LogP contribution >= 0.6 is 0 Å². The van der Waals surface area contributed by atoms with Gasteiger partial charge in [-0.15, -0.1) is 0 Å². The van der Waals surface area contributed by atoms with Crippen molar-refractivity contribution in [1.82, 2.24) is 15.0 Å². The summed E-state index contributed by atoms with van der Waals surface area (Å²) >= 11 is 0. The molecule has 26 heavy (non-hydrogen) atoms. The van der Waals surface area contributed by atoms with Crippen LogP contribution in [0.3, 0.4) is 0 Å². The second kappa shape index (κ2) is 7.37. The highest BCUT2D eigenvalue weighted by Crippen LogP contribution is 2.33. The number of pyridine rings is 1. The summed E-state index contributed by atoms with van der Waals surface area (Å²) in [6, 6.07) is 5.53. The summed E-state index contributed by atoms with van der Waals surface area (Å²) in [4.78, 5) is 27.8. The van der Waals surface area contributed by atoms with Crippen LogP contribution in [0.5, 0.6) is 0 Å². The van der Waals surface area contributed by atoms with Crippen LogP contribution in [-0.2, 0) is 9.53 Å². The number of aromatic nitrogens is 3. The molecule has 4 heterocycles. The second-order valence-corrected chi connectivity index (χ2v) is 6.97. The normalized spacial score (nSPS) is 25.4. The van der Waals surface area contributed by atoms with Gasteiger partial charge in [0.15, 0.2) is 0 Å². The van der Waals surface area contributed by atoms with Gasteiger partial charge in [-0.1, -0.05) is 0 Å². The molecule has 0 spiro atoms. The fourth-order valence-corrected chi connectivity index (χ4v) is 3.80. The first-order chi connectivity index (χ1) is 12.7. The predicted molar refractivity (Wildman–Crippen MR) is 97.8 cm³/mol. The van der Waals surface area contributed by atoms with Crippen molar-refractivity contribution >= 4 is 17.5 Å². The molecule has 2 saturated heterocycles. The van der Waals surface area contributed by atoms with E-state index in [-0.39, 0.29) is 17.9 Å². The molecule has 0 unspecified atom stereocenters. The first-order valence-electron chi connectivity index (χ1n) is 9.07. The van der Waals surface area contributed by atoms with E-state index in [0.717, 1.165) is 43.3 Å². The second-order valence-electron chi connectivity index (χ2n) is 6.97. The number of nitrogens with one attached hydrogen (secondary N) is 1. The highest BCUT2D eigenvalue weighted by atomic mass is 16.5. The van der Waals surface area contributed by atoms with E-state index in [1.807, 2.05) is 25.1 Å². The Labute approximate surface area is 152 Å². The van der Waals surface area contributed by atoms with Gasteiger partial charge in [-0.25, -0.2) is 9.97 Å². The summed E-state index contributed by atoms with van der Waals surface area (Å²) in [6.45, 7) is 4.08. The minimum atomic E-state index is -0.146. The number of fused-ring (bicyclic) bond motifs is 1. The number of hydrogen-bond donors (Lipinski definition) is 1. The summed E-state index contributed by atoms with van der Waals surface area (Å²) in [5.41, 5.74) is 1.59. The Bertz CT molecular complexity index is 770. The van der Waals surface area contributed by atoms with Gasteiger partial charge in [-0.3, -0.25) is 9.78 Å². The molecule has 4 rings (SSSR count). The molecule has 136 valence electrons. The van der Waals surface area contributed by atoms with Crippen LogP contribution in [-0.4, -0.2) is 46.7 Å². The molecule has 1 amide bonds. The Morgan fingerprint density at radius 3 is 2.85 bits per heavy atom. The molecule has 2 aromatic heterocycles. The Balaban J connectivity index is 1.40. The van der Waals surface area contributed by atoms with Crippen molar-refractivity contribution in [3.05, 3.63) is 42.5 Å². The maximum atomic E-state index is 12.7. The fraction of sp³-hybridized carbons (Fsp3) is 0.474. The predicted octanol–water partition coefficient (Wildman–Crippen LogP) is 2.05. The largest absolute Gasteiger partial charge is 0.377 e. The lowest BCUT2D eigenvalue weighted by molar-refractivity contribution is -0.130. The maximum absolute atomic E-state index is 12.7. The third kappa shape index (κ3) is 3.53. The van der Waals surface area contributed by atoms with E-state index in [4.69, 9.17) is 4.74 Å². The molecule has 1 N–H and O–H groups in total. The van der Waals surface area contributed by atoms with Crippen molar-refractivity contribution in [3.63, 3.8) is 0 Å². The summed E-state index contributed by atoms with van der Waals surface area (Å²) in [7, 11) is 0. The summed E-state index contributed by atoms with van der Waals surface area (Å²) in [5.74, 6) is 0.927. The highest BCUT2D eigenvalue weighted by Gasteiger charge is 2.38. The topological polar surface area (TPSA) is 80.2 Å². The summed E-state index contributed by atoms with van der Waals surface area (Å²) in [6.07, 6.45) is 7.23. The van der Waals surface area contributed by atoms with E-state index in [9.17, 15) is 4.79 Å². The summed E-state index contributed by atoms with van der Waals surface area (Å²) in [5, 5.41) is 3.00. The fourth-order valence-electron chi connectivity index (χ4n) is 3.80. The van der Waals surface area contributed by atoms with Gasteiger partial charge in [0.2, 0.25) is 11.9 Å². The van der Waals surface area contributed by atoms with E-state index in [2.05, 4.69) is 25.2 Å². The first-order valence-corrected chi connectivity index (χ1v) is 9.07. The van der Waals surface area contributed by atoms with Gasteiger partial charge in [-0.2, -0.15) is 0 Å². The molecule has 2 fully saturated rings. The van der Waals surface area contributed by atoms with Gasteiger partial charge in [0.1, 0.15) is 0 Å². The molecule has 3 atom stereocenters. The van der Waals surface area contributed by atoms with Gasteiger partial charge in [0, 0.05) is 37.6 Å². The van der Waals surface area contributed by atoms with E-state index < -0.39 is 0 Å². The molecule has 7 heteroatoms. The van der Waals surface area contributed by atoms with Crippen molar-refractivity contribution < 1.29 is 9.53 Å². The first kappa shape index (κ1) is 16.9. The van der Waals surface area contributed by atoms with E-state index in [0.29, 0.717) is 12.5 Å². The molecule has 0 radical (unpaired) electrons. The third-order valence-corrected chi connectivity index (χ3v) is 5.23. The SMILES string of the molecule is Cc1ncccc1NC(=O)[C@H]1CO[C@H]2CCN(c3ncccn3)C[C@H]2C1. The monoisotopic (exact) mass is 353 g/mol. The van der Waals surface area contributed by atoms with Gasteiger partial charge in [-0.05, 0) is 38.0 Å². The lowest BCUT2D eigenvalue weighted by Gasteiger charge is -2.43. The number of carbonyl (C=O) groups excluding carboxylic acids is 1. The molecule has 2 aromatic rings. The smallest absolute Gasteiger partial charge is 0.229 e. The Kier molecular flexibility index (Phi) is 4.79. The number of carbonyl (C=O) groups is 1. The standard InChI is InChI=1S/C19H23N5O2/c1-13-16(4-2-6-20-13)23-18(25)15-10-14-11-24(9-5-17(14)26-12-15)19-21-7-3-8-22-19/h2-4,6-8,14-15,17H,5,9-12H2,1H3,(H,23,25)/t14-,15-,17+/m1/s1. The molecule has 0 aromatic carbocycles. The molecular formula is C19H23N5O2. The average molecular weight is 353 g/mol. The number of rotatable bonds is 3. The molecule has 0 aliphatic carbocycles. The Hall–Kier alpha value is -2.54. The van der Waals surface area contributed by atoms with Gasteiger partial charge < -0.3 is 15.0 Å². The van der Waals surface area contributed by atoms with Gasteiger partial charge >= 0.3 is 0 Å². The number of hydrogen-bond acceptors (Lipinski definition) is 6. The molecule has 0 bridgehead atoms. The maximum Gasteiger partial charge on any atom is 0.229 e. The number of aryl methyl sites for hydroxylation is 1. The number of nitrogens with zero attached hydrogens (tertiary/aromatic N) is 4. The molecular weight excluding hydrogens is 330 g/mol. The van der Waals surface area contributed by atoms with Crippen LogP contribution < -0.4 is 10.2 Å². The van der Waals surface area contributed by atoms with Crippen LogP contribution in [0.1, 0.15) is 18.5 Å². The van der Waals surface area contributed by atoms with Crippen molar-refractivity contribution in [2.24, 2.45) is 11.8 Å². The third-order valence-electron chi connectivity index (χ3n) is 5.23. The van der Waals surface area contributed by atoms with Gasteiger partial charge in [0.25, 0.3) is 0 Å². The zero-order valence-electron chi connectivity index (χ0n) is 14.8. The number of anilines is 2. The van der Waals surface area contributed by atoms with E-state index in [1.165, 1.54) is 0 Å². The van der Waals surface area contributed by atoms with Crippen LogP contribution in [0.15, 0.2) is 36.8 Å². The molecule has 7 nitrogen and oxygen atoms in total. The van der Waals surface area contributed by atoms with Crippen molar-refractivity contribution in [1.29, 1.82) is 0 Å². The zero-order chi connectivity index (χ0) is 17.9. The molecule has 2 aliphatic rings. The van der Waals surface area contributed by atoms with E-state index in [1.54, 1.807) is 18.6 Å². The summed E-state index contributed by atoms with van der Waals surface area (Å²) < 4.78 is 6.02. The van der Waals surface area contributed by atoms with Crippen LogP contribution in [0.4, 0.5) is 11.6 Å².